The number of rotatable bonds is 7. The summed E-state index contributed by atoms with van der Waals surface area (Å²) < 4.78 is 32.3. The number of nitro benzene ring substituents is 1. The number of hydrogen-bond acceptors (Lipinski definition) is 7. The number of sulfonamides is 1. The van der Waals surface area contributed by atoms with Gasteiger partial charge < -0.3 is 4.52 Å². The molecule has 10 heteroatoms. The van der Waals surface area contributed by atoms with Crippen molar-refractivity contribution < 1.29 is 17.9 Å². The van der Waals surface area contributed by atoms with E-state index in [-0.39, 0.29) is 23.0 Å². The van der Waals surface area contributed by atoms with E-state index in [2.05, 4.69) is 28.7 Å². The Kier molecular flexibility index (Phi) is 5.76. The number of nitro groups is 1. The standard InChI is InChI=1S/C19H20N4O5S/c1-12(2)14-5-7-15(8-6-14)19-21-18(28-22-19)11-20-29(26,27)16-9-4-13(3)17(10-16)23(24)25/h4-10,12,20H,11H2,1-3H3. The minimum absolute atomic E-state index is 0.0816. The molecule has 0 bridgehead atoms. The molecule has 0 radical (unpaired) electrons. The first kappa shape index (κ1) is 20.6. The quantitative estimate of drug-likeness (QED) is 0.460. The van der Waals surface area contributed by atoms with Crippen LogP contribution in [0.2, 0.25) is 0 Å². The number of nitrogens with one attached hydrogen (secondary N) is 1. The van der Waals surface area contributed by atoms with Gasteiger partial charge in [-0.3, -0.25) is 10.1 Å². The van der Waals surface area contributed by atoms with Gasteiger partial charge in [0.2, 0.25) is 21.7 Å². The van der Waals surface area contributed by atoms with E-state index in [4.69, 9.17) is 4.52 Å². The Morgan fingerprint density at radius 3 is 2.48 bits per heavy atom. The van der Waals surface area contributed by atoms with Crippen molar-refractivity contribution in [2.75, 3.05) is 0 Å². The van der Waals surface area contributed by atoms with Crippen LogP contribution in [0.3, 0.4) is 0 Å². The molecule has 0 aliphatic rings. The highest BCUT2D eigenvalue weighted by Gasteiger charge is 2.21. The van der Waals surface area contributed by atoms with E-state index in [1.807, 2.05) is 24.3 Å². The highest BCUT2D eigenvalue weighted by atomic mass is 32.2. The minimum atomic E-state index is -3.98. The van der Waals surface area contributed by atoms with Crippen LogP contribution in [-0.4, -0.2) is 23.5 Å². The van der Waals surface area contributed by atoms with Crippen LogP contribution < -0.4 is 4.72 Å². The normalized spacial score (nSPS) is 11.7. The van der Waals surface area contributed by atoms with E-state index >= 15 is 0 Å². The second-order valence-corrected chi connectivity index (χ2v) is 8.59. The van der Waals surface area contributed by atoms with Crippen molar-refractivity contribution in [3.63, 3.8) is 0 Å². The Bertz CT molecular complexity index is 1140. The Balaban J connectivity index is 1.73. The molecule has 2 aromatic carbocycles. The van der Waals surface area contributed by atoms with Gasteiger partial charge in [0.1, 0.15) is 0 Å². The van der Waals surface area contributed by atoms with Gasteiger partial charge in [-0.2, -0.15) is 4.98 Å². The van der Waals surface area contributed by atoms with Crippen LogP contribution in [0.25, 0.3) is 11.4 Å². The summed E-state index contributed by atoms with van der Waals surface area (Å²) in [4.78, 5) is 14.4. The van der Waals surface area contributed by atoms with Crippen LogP contribution in [-0.2, 0) is 16.6 Å². The van der Waals surface area contributed by atoms with E-state index in [9.17, 15) is 18.5 Å². The van der Waals surface area contributed by atoms with Crippen molar-refractivity contribution >= 4 is 15.7 Å². The second-order valence-electron chi connectivity index (χ2n) is 6.82. The average molecular weight is 416 g/mol. The highest BCUT2D eigenvalue weighted by Crippen LogP contribution is 2.23. The highest BCUT2D eigenvalue weighted by molar-refractivity contribution is 7.89. The van der Waals surface area contributed by atoms with E-state index in [0.717, 1.165) is 11.6 Å². The molecular weight excluding hydrogens is 396 g/mol. The summed E-state index contributed by atoms with van der Waals surface area (Å²) in [5.41, 5.74) is 2.04. The maximum absolute atomic E-state index is 12.4. The lowest BCUT2D eigenvalue weighted by molar-refractivity contribution is -0.385. The number of benzene rings is 2. The average Bonchev–Trinajstić information content (AvgIpc) is 3.15. The maximum atomic E-state index is 12.4. The minimum Gasteiger partial charge on any atom is -0.338 e. The molecule has 1 heterocycles. The first-order valence-corrected chi connectivity index (χ1v) is 10.3. The SMILES string of the molecule is Cc1ccc(S(=O)(=O)NCc2nc(-c3ccc(C(C)C)cc3)no2)cc1[N+](=O)[O-]. The predicted octanol–water partition coefficient (Wildman–Crippen LogP) is 3.56. The Hall–Kier alpha value is -3.11. The molecule has 0 aliphatic heterocycles. The molecule has 9 nitrogen and oxygen atoms in total. The smallest absolute Gasteiger partial charge is 0.273 e. The Labute approximate surface area is 168 Å². The van der Waals surface area contributed by atoms with Gasteiger partial charge in [-0.05, 0) is 24.5 Å². The number of aryl methyl sites for hydroxylation is 1. The number of hydrogen-bond donors (Lipinski definition) is 1. The summed E-state index contributed by atoms with van der Waals surface area (Å²) >= 11 is 0. The zero-order chi connectivity index (χ0) is 21.2. The Morgan fingerprint density at radius 1 is 1.17 bits per heavy atom. The van der Waals surface area contributed by atoms with Crippen LogP contribution in [0.15, 0.2) is 51.9 Å². The fraction of sp³-hybridized carbons (Fsp3) is 0.263. The zero-order valence-corrected chi connectivity index (χ0v) is 16.9. The Morgan fingerprint density at radius 2 is 1.86 bits per heavy atom. The van der Waals surface area contributed by atoms with Gasteiger partial charge in [-0.25, -0.2) is 13.1 Å². The lowest BCUT2D eigenvalue weighted by atomic mass is 10.0. The first-order chi connectivity index (χ1) is 13.7. The number of aromatic nitrogens is 2. The summed E-state index contributed by atoms with van der Waals surface area (Å²) in [6.45, 7) is 5.49. The third-order valence-electron chi connectivity index (χ3n) is 4.40. The fourth-order valence-electron chi connectivity index (χ4n) is 2.65. The van der Waals surface area contributed by atoms with Crippen molar-refractivity contribution in [2.24, 2.45) is 0 Å². The zero-order valence-electron chi connectivity index (χ0n) is 16.1. The fourth-order valence-corrected chi connectivity index (χ4v) is 3.65. The monoisotopic (exact) mass is 416 g/mol. The summed E-state index contributed by atoms with van der Waals surface area (Å²) in [5.74, 6) is 0.829. The van der Waals surface area contributed by atoms with E-state index in [1.54, 1.807) is 0 Å². The molecule has 0 unspecified atom stereocenters. The van der Waals surface area contributed by atoms with Gasteiger partial charge in [-0.1, -0.05) is 49.3 Å². The van der Waals surface area contributed by atoms with Crippen LogP contribution in [0.5, 0.6) is 0 Å². The summed E-state index contributed by atoms with van der Waals surface area (Å²) in [6.07, 6.45) is 0. The van der Waals surface area contributed by atoms with Crippen molar-refractivity contribution in [3.8, 4) is 11.4 Å². The molecular formula is C19H20N4O5S. The van der Waals surface area contributed by atoms with Crippen molar-refractivity contribution in [2.45, 2.75) is 38.1 Å². The van der Waals surface area contributed by atoms with Gasteiger partial charge >= 0.3 is 0 Å². The summed E-state index contributed by atoms with van der Waals surface area (Å²) in [6, 6.07) is 11.4. The molecule has 152 valence electrons. The predicted molar refractivity (Wildman–Crippen MR) is 106 cm³/mol. The van der Waals surface area contributed by atoms with Gasteiger partial charge in [0.05, 0.1) is 16.4 Å². The topological polar surface area (TPSA) is 128 Å². The van der Waals surface area contributed by atoms with Crippen LogP contribution in [0.4, 0.5) is 5.69 Å². The van der Waals surface area contributed by atoms with Gasteiger partial charge in [0, 0.05) is 17.2 Å². The molecule has 0 spiro atoms. The maximum Gasteiger partial charge on any atom is 0.273 e. The third-order valence-corrected chi connectivity index (χ3v) is 5.80. The lowest BCUT2D eigenvalue weighted by Crippen LogP contribution is -2.23. The van der Waals surface area contributed by atoms with Crippen LogP contribution >= 0.6 is 0 Å². The lowest BCUT2D eigenvalue weighted by Gasteiger charge is -2.05. The molecule has 0 fully saturated rings. The van der Waals surface area contributed by atoms with E-state index < -0.39 is 14.9 Å². The van der Waals surface area contributed by atoms with Gasteiger partial charge in [-0.15, -0.1) is 0 Å². The van der Waals surface area contributed by atoms with E-state index in [1.165, 1.54) is 24.6 Å². The molecule has 29 heavy (non-hydrogen) atoms. The van der Waals surface area contributed by atoms with Crippen LogP contribution in [0.1, 0.15) is 36.8 Å². The molecule has 0 saturated heterocycles. The van der Waals surface area contributed by atoms with Crippen LogP contribution in [0, 0.1) is 17.0 Å². The molecule has 0 amide bonds. The molecule has 0 atom stereocenters. The van der Waals surface area contributed by atoms with Gasteiger partial charge in [0.15, 0.2) is 0 Å². The van der Waals surface area contributed by atoms with Crippen molar-refractivity contribution in [1.82, 2.24) is 14.9 Å². The third kappa shape index (κ3) is 4.66. The van der Waals surface area contributed by atoms with Gasteiger partial charge in [0.25, 0.3) is 5.69 Å². The molecule has 0 saturated carbocycles. The molecule has 3 rings (SSSR count). The molecule has 1 aromatic heterocycles. The summed E-state index contributed by atoms with van der Waals surface area (Å²) in [7, 11) is -3.98. The first-order valence-electron chi connectivity index (χ1n) is 8.85. The molecule has 1 N–H and O–H groups in total. The van der Waals surface area contributed by atoms with E-state index in [0.29, 0.717) is 17.3 Å². The molecule has 0 aliphatic carbocycles. The summed E-state index contributed by atoms with van der Waals surface area (Å²) in [5, 5.41) is 14.9. The largest absolute Gasteiger partial charge is 0.338 e. The molecule has 3 aromatic rings. The number of nitrogens with zero attached hydrogens (tertiary/aromatic N) is 3. The van der Waals surface area contributed by atoms with Crippen molar-refractivity contribution in [3.05, 3.63) is 69.6 Å². The van der Waals surface area contributed by atoms with Crippen molar-refractivity contribution in [1.29, 1.82) is 0 Å². The second kappa shape index (κ2) is 8.10.